The van der Waals surface area contributed by atoms with Crippen molar-refractivity contribution in [1.29, 1.82) is 0 Å². The van der Waals surface area contributed by atoms with E-state index in [0.29, 0.717) is 0 Å². The zero-order chi connectivity index (χ0) is 45.0. The number of carbonyl (C=O) groups is 2. The lowest BCUT2D eigenvalue weighted by Gasteiger charge is -2.44. The van der Waals surface area contributed by atoms with Crippen LogP contribution in [0.2, 0.25) is 0 Å². The molecule has 0 amide bonds. The molecule has 0 aromatic heterocycles. The minimum Gasteiger partial charge on any atom is -0.503 e. The van der Waals surface area contributed by atoms with Gasteiger partial charge in [-0.15, -0.1) is 0 Å². The Bertz CT molecular complexity index is 1300. The fraction of sp³-hybridized carbons (Fsp3) is 0.696. The first-order valence-corrected chi connectivity index (χ1v) is 24.5. The molecule has 0 heterocycles. The number of rotatable bonds is 18. The lowest BCUT2D eigenvalue weighted by molar-refractivity contribution is 0.152. The van der Waals surface area contributed by atoms with Crippen LogP contribution in [0.25, 0.3) is 0 Å². The van der Waals surface area contributed by atoms with E-state index in [-0.39, 0.29) is 70.1 Å². The average molecular weight is 841 g/mol. The standard InChI is InChI=1S/2C23H42BN2O2P/c2*1-17(2)25(18(3)4)24(26(19(5)6)20(7)8)28-22(27)29(23(9,10)11)21-15-13-12-14-16-21/h2*12-20H,1-11H3. The number of hydrogen-bond donors (Lipinski definition) is 0. The van der Waals surface area contributed by atoms with Crippen molar-refractivity contribution in [3.05, 3.63) is 60.7 Å². The Balaban J connectivity index is 0.000000580. The first kappa shape index (κ1) is 54.2. The fourth-order valence-electron chi connectivity index (χ4n) is 7.95. The Morgan fingerprint density at radius 3 is 0.759 bits per heavy atom. The maximum absolute atomic E-state index is 13.7. The van der Waals surface area contributed by atoms with Crippen LogP contribution in [0.15, 0.2) is 60.7 Å². The van der Waals surface area contributed by atoms with E-state index in [1.807, 2.05) is 36.4 Å². The third-order valence-electron chi connectivity index (χ3n) is 9.94. The molecule has 8 nitrogen and oxygen atoms in total. The normalized spacial score (nSPS) is 13.8. The zero-order valence-electron chi connectivity index (χ0n) is 40.9. The molecule has 2 unspecified atom stereocenters. The third-order valence-corrected chi connectivity index (χ3v) is 15.2. The second-order valence-electron chi connectivity index (χ2n) is 19.6. The Morgan fingerprint density at radius 1 is 0.414 bits per heavy atom. The van der Waals surface area contributed by atoms with Crippen molar-refractivity contribution in [3.8, 4) is 0 Å². The van der Waals surface area contributed by atoms with Crippen LogP contribution in [0.1, 0.15) is 152 Å². The Morgan fingerprint density at radius 2 is 0.603 bits per heavy atom. The third kappa shape index (κ3) is 15.9. The molecule has 0 radical (unpaired) electrons. The largest absolute Gasteiger partial charge is 0.551 e. The van der Waals surface area contributed by atoms with Gasteiger partial charge < -0.3 is 9.31 Å². The maximum Gasteiger partial charge on any atom is 0.551 e. The van der Waals surface area contributed by atoms with Crippen LogP contribution < -0.4 is 10.6 Å². The van der Waals surface area contributed by atoms with Gasteiger partial charge in [0, 0.05) is 15.8 Å². The molecule has 0 spiro atoms. The number of carbonyl (C=O) groups excluding carboxylic acids is 2. The summed E-state index contributed by atoms with van der Waals surface area (Å²) in [5, 5.41) is 1.78. The Kier molecular flexibility index (Phi) is 22.4. The van der Waals surface area contributed by atoms with Gasteiger partial charge in [0.15, 0.2) is 0 Å². The van der Waals surface area contributed by atoms with Crippen LogP contribution in [0.5, 0.6) is 0 Å². The van der Waals surface area contributed by atoms with Gasteiger partial charge in [0.25, 0.3) is 0 Å². The molecule has 2 rings (SSSR count). The van der Waals surface area contributed by atoms with Gasteiger partial charge in [-0.25, -0.2) is 9.59 Å². The SMILES string of the molecule is CC(C)N(B(OC(=O)P(c1ccccc1)C(C)(C)C)N(C(C)C)C(C)C)C(C)C.CC(C)N(B(OC(=O)P(c1ccccc1)C(C)(C)C)N(C(C)C)C(C)C)C(C)C. The van der Waals surface area contributed by atoms with Crippen LogP contribution in [0, 0.1) is 0 Å². The van der Waals surface area contributed by atoms with Gasteiger partial charge >= 0.3 is 25.8 Å². The molecule has 0 saturated carbocycles. The lowest BCUT2D eigenvalue weighted by Crippen LogP contribution is -2.63. The quantitative estimate of drug-likeness (QED) is 0.109. The lowest BCUT2D eigenvalue weighted by atomic mass is 9.85. The molecule has 2 aromatic carbocycles. The summed E-state index contributed by atoms with van der Waals surface area (Å²) >= 11 is 0. The van der Waals surface area contributed by atoms with Crippen LogP contribution in [-0.2, 0) is 9.31 Å². The monoisotopic (exact) mass is 841 g/mol. The highest BCUT2D eigenvalue weighted by atomic mass is 31.1. The van der Waals surface area contributed by atoms with E-state index in [2.05, 4.69) is 196 Å². The summed E-state index contributed by atoms with van der Waals surface area (Å²) in [7, 11) is -3.04. The molecule has 2 aromatic rings. The van der Waals surface area contributed by atoms with Gasteiger partial charge in [-0.3, -0.25) is 19.2 Å². The summed E-state index contributed by atoms with van der Waals surface area (Å²) in [6.45, 7) is 47.5. The molecule has 0 bridgehead atoms. The van der Waals surface area contributed by atoms with Gasteiger partial charge in [0.1, 0.15) is 0 Å². The molecule has 58 heavy (non-hydrogen) atoms. The molecular weight excluding hydrogens is 756 g/mol. The van der Waals surface area contributed by atoms with Crippen molar-refractivity contribution >= 4 is 52.2 Å². The smallest absolute Gasteiger partial charge is 0.503 e. The summed E-state index contributed by atoms with van der Waals surface area (Å²) in [5.74, 6) is 0. The van der Waals surface area contributed by atoms with Gasteiger partial charge in [-0.2, -0.15) is 0 Å². The topological polar surface area (TPSA) is 65.6 Å². The minimum atomic E-state index is -1.13. The van der Waals surface area contributed by atoms with Gasteiger partial charge in [0.2, 0.25) is 0 Å². The highest BCUT2D eigenvalue weighted by Gasteiger charge is 2.46. The molecule has 2 atom stereocenters. The van der Waals surface area contributed by atoms with E-state index in [1.54, 1.807) is 0 Å². The van der Waals surface area contributed by atoms with Gasteiger partial charge in [-0.05, 0) is 69.3 Å². The molecule has 0 aliphatic rings. The van der Waals surface area contributed by atoms with Crippen molar-refractivity contribution in [2.75, 3.05) is 0 Å². The minimum absolute atomic E-state index is 0.0960. The highest BCUT2D eigenvalue weighted by Crippen LogP contribution is 2.51. The first-order chi connectivity index (χ1) is 26.6. The molecule has 0 fully saturated rings. The predicted molar refractivity (Wildman–Crippen MR) is 258 cm³/mol. The predicted octanol–water partition coefficient (Wildman–Crippen LogP) is 11.9. The van der Waals surface area contributed by atoms with Crippen LogP contribution in [0.4, 0.5) is 9.59 Å². The second kappa shape index (κ2) is 24.0. The highest BCUT2D eigenvalue weighted by molar-refractivity contribution is 7.82. The Labute approximate surface area is 360 Å². The number of hydrogen-bond acceptors (Lipinski definition) is 8. The number of benzene rings is 2. The van der Waals surface area contributed by atoms with Gasteiger partial charge in [-0.1, -0.05) is 213 Å². The van der Waals surface area contributed by atoms with Gasteiger partial charge in [0.05, 0.1) is 0 Å². The summed E-state index contributed by atoms with van der Waals surface area (Å²) in [5.41, 5.74) is -0.192. The second-order valence-corrected chi connectivity index (χ2v) is 25.4. The van der Waals surface area contributed by atoms with E-state index in [1.165, 1.54) is 0 Å². The fourth-order valence-corrected chi connectivity index (χ4v) is 12.4. The van der Waals surface area contributed by atoms with E-state index in [0.717, 1.165) is 10.6 Å². The number of nitrogens with zero attached hydrogens (tertiary/aromatic N) is 4. The first-order valence-electron chi connectivity index (χ1n) is 21.8. The molecular formula is C46H84B2N4O4P2. The summed E-state index contributed by atoms with van der Waals surface area (Å²) < 4.78 is 12.8. The summed E-state index contributed by atoms with van der Waals surface area (Å²) in [6, 6.07) is 22.3. The van der Waals surface area contributed by atoms with Crippen molar-refractivity contribution in [2.24, 2.45) is 0 Å². The molecule has 0 saturated heterocycles. The van der Waals surface area contributed by atoms with Crippen molar-refractivity contribution in [1.82, 2.24) is 19.2 Å². The molecule has 0 aliphatic heterocycles. The molecule has 0 N–H and O–H groups in total. The van der Waals surface area contributed by atoms with E-state index in [9.17, 15) is 9.59 Å². The summed E-state index contributed by atoms with van der Waals surface area (Å²) in [4.78, 5) is 36.5. The van der Waals surface area contributed by atoms with Crippen LogP contribution in [0.3, 0.4) is 0 Å². The maximum atomic E-state index is 13.7. The van der Waals surface area contributed by atoms with E-state index < -0.39 is 30.2 Å². The molecule has 12 heteroatoms. The van der Waals surface area contributed by atoms with E-state index in [4.69, 9.17) is 9.31 Å². The van der Waals surface area contributed by atoms with Crippen molar-refractivity contribution in [3.63, 3.8) is 0 Å². The zero-order valence-corrected chi connectivity index (χ0v) is 42.7. The average Bonchev–Trinajstić information content (AvgIpc) is 3.03. The van der Waals surface area contributed by atoms with Crippen LogP contribution >= 0.6 is 15.8 Å². The Hall–Kier alpha value is -1.79. The summed E-state index contributed by atoms with van der Waals surface area (Å²) in [6.07, 6.45) is 0. The van der Waals surface area contributed by atoms with Crippen molar-refractivity contribution in [2.45, 2.75) is 211 Å². The van der Waals surface area contributed by atoms with E-state index >= 15 is 0 Å². The van der Waals surface area contributed by atoms with Crippen molar-refractivity contribution < 1.29 is 18.9 Å². The molecule has 328 valence electrons. The van der Waals surface area contributed by atoms with Crippen LogP contribution in [-0.4, -0.2) is 104 Å². The molecule has 0 aliphatic carbocycles.